The van der Waals surface area contributed by atoms with Crippen LogP contribution < -0.4 is 0 Å². The highest BCUT2D eigenvalue weighted by Crippen LogP contribution is 2.13. The Morgan fingerprint density at radius 2 is 2.00 bits per heavy atom. The Bertz CT molecular complexity index is 136. The smallest absolute Gasteiger partial charge is 0.0813 e. The van der Waals surface area contributed by atoms with Crippen molar-refractivity contribution in [3.05, 3.63) is 12.7 Å². The van der Waals surface area contributed by atoms with E-state index >= 15 is 0 Å². The van der Waals surface area contributed by atoms with Crippen molar-refractivity contribution < 1.29 is 9.47 Å². The Balaban J connectivity index is 3.69. The molecule has 0 aromatic rings. The first-order valence-corrected chi connectivity index (χ1v) is 4.86. The molecule has 0 fully saturated rings. The van der Waals surface area contributed by atoms with E-state index in [9.17, 15) is 0 Å². The second-order valence-electron chi connectivity index (χ2n) is 4.09. The van der Waals surface area contributed by atoms with Crippen molar-refractivity contribution in [2.45, 2.75) is 45.8 Å². The first-order chi connectivity index (χ1) is 5.99. The van der Waals surface area contributed by atoms with Gasteiger partial charge in [-0.1, -0.05) is 13.0 Å². The summed E-state index contributed by atoms with van der Waals surface area (Å²) in [5.74, 6) is 0. The van der Waals surface area contributed by atoms with Crippen LogP contribution in [0.5, 0.6) is 0 Å². The minimum atomic E-state index is -0.0851. The summed E-state index contributed by atoms with van der Waals surface area (Å²) >= 11 is 0. The Morgan fingerprint density at radius 1 is 1.38 bits per heavy atom. The molecule has 0 aromatic heterocycles. The van der Waals surface area contributed by atoms with Gasteiger partial charge in [0.25, 0.3) is 0 Å². The average Bonchev–Trinajstić information content (AvgIpc) is 2.01. The highest BCUT2D eigenvalue weighted by atomic mass is 16.5. The molecular formula is C11H22O2. The fourth-order valence-corrected chi connectivity index (χ4v) is 1.02. The Labute approximate surface area is 81.9 Å². The molecule has 0 saturated heterocycles. The van der Waals surface area contributed by atoms with Crippen LogP contribution in [-0.4, -0.2) is 24.9 Å². The second kappa shape index (κ2) is 6.17. The van der Waals surface area contributed by atoms with Crippen LogP contribution >= 0.6 is 0 Å². The zero-order valence-electron chi connectivity index (χ0n) is 9.30. The third-order valence-corrected chi connectivity index (χ3v) is 1.52. The van der Waals surface area contributed by atoms with Gasteiger partial charge in [-0.3, -0.25) is 0 Å². The molecule has 2 heteroatoms. The highest BCUT2D eigenvalue weighted by molar-refractivity contribution is 4.67. The maximum absolute atomic E-state index is 5.77. The van der Waals surface area contributed by atoms with E-state index in [4.69, 9.17) is 9.47 Å². The van der Waals surface area contributed by atoms with Crippen molar-refractivity contribution >= 4 is 0 Å². The minimum Gasteiger partial charge on any atom is -0.375 e. The Morgan fingerprint density at radius 3 is 2.38 bits per heavy atom. The number of hydrogen-bond acceptors (Lipinski definition) is 2. The predicted molar refractivity (Wildman–Crippen MR) is 55.9 cm³/mol. The summed E-state index contributed by atoms with van der Waals surface area (Å²) in [7, 11) is 0. The molecule has 0 saturated carbocycles. The van der Waals surface area contributed by atoms with Gasteiger partial charge >= 0.3 is 0 Å². The van der Waals surface area contributed by atoms with Crippen molar-refractivity contribution in [1.82, 2.24) is 0 Å². The molecule has 2 nitrogen and oxygen atoms in total. The molecule has 78 valence electrons. The van der Waals surface area contributed by atoms with Crippen LogP contribution in [0.15, 0.2) is 12.7 Å². The maximum Gasteiger partial charge on any atom is 0.0813 e. The van der Waals surface area contributed by atoms with Gasteiger partial charge in [0.05, 0.1) is 24.9 Å². The minimum absolute atomic E-state index is 0.0851. The third-order valence-electron chi connectivity index (χ3n) is 1.52. The van der Waals surface area contributed by atoms with Crippen LogP contribution in [0.3, 0.4) is 0 Å². The molecule has 0 aliphatic carbocycles. The molecular weight excluding hydrogens is 164 g/mol. The number of rotatable bonds is 6. The molecule has 0 spiro atoms. The summed E-state index contributed by atoms with van der Waals surface area (Å²) in [6.45, 7) is 13.1. The topological polar surface area (TPSA) is 18.5 Å². The second-order valence-corrected chi connectivity index (χ2v) is 4.09. The highest BCUT2D eigenvalue weighted by Gasteiger charge is 2.16. The monoisotopic (exact) mass is 186 g/mol. The van der Waals surface area contributed by atoms with E-state index in [0.29, 0.717) is 13.2 Å². The molecule has 13 heavy (non-hydrogen) atoms. The number of hydrogen-bond donors (Lipinski definition) is 0. The van der Waals surface area contributed by atoms with Crippen LogP contribution in [0, 0.1) is 0 Å². The summed E-state index contributed by atoms with van der Waals surface area (Å²) < 4.78 is 11.1. The first-order valence-electron chi connectivity index (χ1n) is 4.86. The van der Waals surface area contributed by atoms with E-state index in [1.54, 1.807) is 6.08 Å². The van der Waals surface area contributed by atoms with Crippen molar-refractivity contribution in [3.8, 4) is 0 Å². The van der Waals surface area contributed by atoms with Crippen molar-refractivity contribution in [2.24, 2.45) is 0 Å². The van der Waals surface area contributed by atoms with Crippen LogP contribution in [-0.2, 0) is 9.47 Å². The lowest BCUT2D eigenvalue weighted by molar-refractivity contribution is -0.0906. The van der Waals surface area contributed by atoms with Crippen molar-refractivity contribution in [3.63, 3.8) is 0 Å². The molecule has 0 bridgehead atoms. The van der Waals surface area contributed by atoms with E-state index in [1.807, 2.05) is 0 Å². The summed E-state index contributed by atoms with van der Waals surface area (Å²) in [4.78, 5) is 0. The molecule has 0 aliphatic heterocycles. The zero-order valence-corrected chi connectivity index (χ0v) is 9.30. The van der Waals surface area contributed by atoms with Gasteiger partial charge < -0.3 is 9.47 Å². The van der Waals surface area contributed by atoms with Crippen LogP contribution in [0.25, 0.3) is 0 Å². The van der Waals surface area contributed by atoms with Gasteiger partial charge in [-0.25, -0.2) is 0 Å². The summed E-state index contributed by atoms with van der Waals surface area (Å²) in [5, 5.41) is 0. The molecule has 0 aromatic carbocycles. The van der Waals surface area contributed by atoms with Gasteiger partial charge in [-0.2, -0.15) is 0 Å². The quantitative estimate of drug-likeness (QED) is 0.469. The van der Waals surface area contributed by atoms with E-state index in [-0.39, 0.29) is 11.7 Å². The van der Waals surface area contributed by atoms with Crippen LogP contribution in [0.4, 0.5) is 0 Å². The van der Waals surface area contributed by atoms with E-state index < -0.39 is 0 Å². The van der Waals surface area contributed by atoms with Crippen LogP contribution in [0.1, 0.15) is 34.1 Å². The van der Waals surface area contributed by atoms with Gasteiger partial charge in [-0.15, -0.1) is 6.58 Å². The van der Waals surface area contributed by atoms with Gasteiger partial charge in [-0.05, 0) is 27.2 Å². The van der Waals surface area contributed by atoms with Gasteiger partial charge in [0.15, 0.2) is 0 Å². The van der Waals surface area contributed by atoms with Crippen molar-refractivity contribution in [1.29, 1.82) is 0 Å². The lowest BCUT2D eigenvalue weighted by atomic mass is 10.1. The summed E-state index contributed by atoms with van der Waals surface area (Å²) in [5.41, 5.74) is -0.0851. The standard InChI is InChI=1S/C11H22O2/c1-6-8-12-9-10(7-2)13-11(3,4)5/h6,10H,1,7-9H2,2-5H3. The molecule has 1 unspecified atom stereocenters. The predicted octanol–water partition coefficient (Wildman–Crippen LogP) is 2.78. The molecule has 0 heterocycles. The van der Waals surface area contributed by atoms with E-state index in [2.05, 4.69) is 34.3 Å². The van der Waals surface area contributed by atoms with Crippen molar-refractivity contribution in [2.75, 3.05) is 13.2 Å². The lowest BCUT2D eigenvalue weighted by Gasteiger charge is -2.26. The van der Waals surface area contributed by atoms with Gasteiger partial charge in [0.1, 0.15) is 0 Å². The molecule has 0 rings (SSSR count). The van der Waals surface area contributed by atoms with Gasteiger partial charge in [0.2, 0.25) is 0 Å². The first kappa shape index (κ1) is 12.7. The summed E-state index contributed by atoms with van der Waals surface area (Å²) in [6, 6.07) is 0. The molecule has 0 aliphatic rings. The molecule has 0 radical (unpaired) electrons. The SMILES string of the molecule is C=CCOCC(CC)OC(C)(C)C. The summed E-state index contributed by atoms with van der Waals surface area (Å²) in [6.07, 6.45) is 2.93. The lowest BCUT2D eigenvalue weighted by Crippen LogP contribution is -2.30. The third kappa shape index (κ3) is 8.00. The molecule has 0 amide bonds. The fourth-order valence-electron chi connectivity index (χ4n) is 1.02. The zero-order chi connectivity index (χ0) is 10.3. The van der Waals surface area contributed by atoms with Gasteiger partial charge in [0, 0.05) is 0 Å². The number of ether oxygens (including phenoxy) is 2. The largest absolute Gasteiger partial charge is 0.375 e. The molecule has 0 N–H and O–H groups in total. The van der Waals surface area contributed by atoms with Crippen LogP contribution in [0.2, 0.25) is 0 Å². The van der Waals surface area contributed by atoms with E-state index in [1.165, 1.54) is 0 Å². The Kier molecular flexibility index (Phi) is 6.00. The average molecular weight is 186 g/mol. The van der Waals surface area contributed by atoms with E-state index in [0.717, 1.165) is 6.42 Å². The maximum atomic E-state index is 5.77. The molecule has 1 atom stereocenters. The Hall–Kier alpha value is -0.340. The fraction of sp³-hybridized carbons (Fsp3) is 0.818. The normalized spacial score (nSPS) is 14.2.